The van der Waals surface area contributed by atoms with Crippen LogP contribution in [0, 0.1) is 5.41 Å². The number of carboxylic acids is 2. The fraction of sp³-hybridized carbons (Fsp3) is 0.150. The third kappa shape index (κ3) is 4.36. The average molecular weight is 354 g/mol. The van der Waals surface area contributed by atoms with Crippen molar-refractivity contribution in [3.05, 3.63) is 78.4 Å². The predicted molar refractivity (Wildman–Crippen MR) is 93.7 cm³/mol. The van der Waals surface area contributed by atoms with E-state index in [-0.39, 0.29) is 12.2 Å². The van der Waals surface area contributed by atoms with Gasteiger partial charge < -0.3 is 14.9 Å². The van der Waals surface area contributed by atoms with Gasteiger partial charge in [-0.1, -0.05) is 55.1 Å². The summed E-state index contributed by atoms with van der Waals surface area (Å²) in [7, 11) is 0. The van der Waals surface area contributed by atoms with Crippen LogP contribution in [0.25, 0.3) is 0 Å². The standard InChI is InChI=1S/C20H18O6/c1-14(18(22)23)20(19(24)25,12-15-8-4-2-5-9-15)13-17(21)26-16-10-6-3-7-11-16/h2-11H,1,12-13H2,(H,22,23)(H,24,25). The van der Waals surface area contributed by atoms with Gasteiger partial charge in [-0.15, -0.1) is 0 Å². The minimum absolute atomic E-state index is 0.196. The number of benzene rings is 2. The van der Waals surface area contributed by atoms with E-state index in [1.165, 1.54) is 0 Å². The number of carboxylic acid groups (broad SMARTS) is 2. The van der Waals surface area contributed by atoms with E-state index in [1.54, 1.807) is 60.7 Å². The van der Waals surface area contributed by atoms with Crippen LogP contribution in [0.5, 0.6) is 5.75 Å². The number of hydrogen-bond donors (Lipinski definition) is 2. The Morgan fingerprint density at radius 3 is 1.96 bits per heavy atom. The zero-order valence-electron chi connectivity index (χ0n) is 13.9. The third-order valence-electron chi connectivity index (χ3n) is 4.01. The molecule has 2 aromatic carbocycles. The first-order chi connectivity index (χ1) is 12.3. The van der Waals surface area contributed by atoms with E-state index in [1.807, 2.05) is 0 Å². The number of aliphatic carboxylic acids is 2. The van der Waals surface area contributed by atoms with E-state index in [4.69, 9.17) is 4.74 Å². The SMILES string of the molecule is C=C(C(=O)O)C(CC(=O)Oc1ccccc1)(Cc1ccccc1)C(=O)O. The largest absolute Gasteiger partial charge is 0.481 e. The van der Waals surface area contributed by atoms with Gasteiger partial charge in [-0.3, -0.25) is 9.59 Å². The van der Waals surface area contributed by atoms with Gasteiger partial charge in [0, 0.05) is 5.57 Å². The molecule has 6 heteroatoms. The minimum Gasteiger partial charge on any atom is -0.481 e. The van der Waals surface area contributed by atoms with Crippen LogP contribution < -0.4 is 4.74 Å². The molecule has 0 aliphatic heterocycles. The molecule has 0 radical (unpaired) electrons. The van der Waals surface area contributed by atoms with E-state index in [0.29, 0.717) is 5.56 Å². The van der Waals surface area contributed by atoms with Gasteiger partial charge in [0.1, 0.15) is 11.2 Å². The molecule has 0 aliphatic carbocycles. The monoisotopic (exact) mass is 354 g/mol. The molecule has 0 saturated carbocycles. The summed E-state index contributed by atoms with van der Waals surface area (Å²) in [5.74, 6) is -3.52. The van der Waals surface area contributed by atoms with Crippen molar-refractivity contribution in [3.8, 4) is 5.75 Å². The molecule has 2 aromatic rings. The Kier molecular flexibility index (Phi) is 5.90. The summed E-state index contributed by atoms with van der Waals surface area (Å²) in [5.41, 5.74) is -2.01. The van der Waals surface area contributed by atoms with Crippen molar-refractivity contribution in [1.29, 1.82) is 0 Å². The lowest BCUT2D eigenvalue weighted by molar-refractivity contribution is -0.154. The Morgan fingerprint density at radius 1 is 0.923 bits per heavy atom. The van der Waals surface area contributed by atoms with E-state index in [9.17, 15) is 24.6 Å². The number of carbonyl (C=O) groups excluding carboxylic acids is 1. The van der Waals surface area contributed by atoms with Crippen LogP contribution in [0.2, 0.25) is 0 Å². The molecule has 0 saturated heterocycles. The lowest BCUT2D eigenvalue weighted by atomic mass is 9.73. The van der Waals surface area contributed by atoms with Gasteiger partial charge in [0.15, 0.2) is 0 Å². The van der Waals surface area contributed by atoms with E-state index in [2.05, 4.69) is 6.58 Å². The van der Waals surface area contributed by atoms with E-state index < -0.39 is 35.3 Å². The average Bonchev–Trinajstić information content (AvgIpc) is 2.61. The quantitative estimate of drug-likeness (QED) is 0.429. The molecule has 0 heterocycles. The summed E-state index contributed by atoms with van der Waals surface area (Å²) in [6.07, 6.45) is -0.852. The molecule has 0 bridgehead atoms. The van der Waals surface area contributed by atoms with Gasteiger partial charge in [-0.05, 0) is 24.1 Å². The van der Waals surface area contributed by atoms with Gasteiger partial charge >= 0.3 is 17.9 Å². The summed E-state index contributed by atoms with van der Waals surface area (Å²) in [5, 5.41) is 19.1. The lowest BCUT2D eigenvalue weighted by Gasteiger charge is -2.28. The maximum absolute atomic E-state index is 12.3. The van der Waals surface area contributed by atoms with Crippen LogP contribution in [-0.2, 0) is 20.8 Å². The molecule has 6 nitrogen and oxygen atoms in total. The third-order valence-corrected chi connectivity index (χ3v) is 4.01. The van der Waals surface area contributed by atoms with Crippen molar-refractivity contribution in [1.82, 2.24) is 0 Å². The second-order valence-corrected chi connectivity index (χ2v) is 5.80. The van der Waals surface area contributed by atoms with Gasteiger partial charge in [0.25, 0.3) is 0 Å². The maximum Gasteiger partial charge on any atom is 0.332 e. The van der Waals surface area contributed by atoms with Crippen LogP contribution in [0.1, 0.15) is 12.0 Å². The fourth-order valence-electron chi connectivity index (χ4n) is 2.61. The van der Waals surface area contributed by atoms with Crippen molar-refractivity contribution >= 4 is 17.9 Å². The predicted octanol–water partition coefficient (Wildman–Crippen LogP) is 2.94. The summed E-state index contributed by atoms with van der Waals surface area (Å²) in [6, 6.07) is 16.6. The van der Waals surface area contributed by atoms with Crippen molar-refractivity contribution in [3.63, 3.8) is 0 Å². The molecule has 0 fully saturated rings. The van der Waals surface area contributed by atoms with Crippen molar-refractivity contribution in [2.24, 2.45) is 5.41 Å². The van der Waals surface area contributed by atoms with Crippen LogP contribution in [-0.4, -0.2) is 28.1 Å². The zero-order valence-corrected chi connectivity index (χ0v) is 13.9. The fourth-order valence-corrected chi connectivity index (χ4v) is 2.61. The number of ether oxygens (including phenoxy) is 1. The molecule has 134 valence electrons. The second-order valence-electron chi connectivity index (χ2n) is 5.80. The van der Waals surface area contributed by atoms with Crippen molar-refractivity contribution in [2.45, 2.75) is 12.8 Å². The Bertz CT molecular complexity index is 813. The number of para-hydroxylation sites is 1. The van der Waals surface area contributed by atoms with Crippen molar-refractivity contribution in [2.75, 3.05) is 0 Å². The second kappa shape index (κ2) is 8.11. The van der Waals surface area contributed by atoms with Gasteiger partial charge in [0.2, 0.25) is 0 Å². The zero-order chi connectivity index (χ0) is 19.2. The Morgan fingerprint density at radius 2 is 1.46 bits per heavy atom. The van der Waals surface area contributed by atoms with Gasteiger partial charge in [0.05, 0.1) is 6.42 Å². The summed E-state index contributed by atoms with van der Waals surface area (Å²) < 4.78 is 5.15. The highest BCUT2D eigenvalue weighted by atomic mass is 16.5. The van der Waals surface area contributed by atoms with Gasteiger partial charge in [-0.2, -0.15) is 0 Å². The Hall–Kier alpha value is -3.41. The molecule has 0 aromatic heterocycles. The molecular formula is C20H18O6. The highest BCUT2D eigenvalue weighted by Gasteiger charge is 2.47. The molecule has 0 amide bonds. The van der Waals surface area contributed by atoms with Crippen LogP contribution in [0.3, 0.4) is 0 Å². The molecule has 2 rings (SSSR count). The summed E-state index contributed by atoms with van der Waals surface area (Å²) in [4.78, 5) is 35.8. The normalized spacial score (nSPS) is 12.6. The topological polar surface area (TPSA) is 101 Å². The molecular weight excluding hydrogens is 336 g/mol. The first-order valence-electron chi connectivity index (χ1n) is 7.81. The Labute approximate surface area is 150 Å². The summed E-state index contributed by atoms with van der Waals surface area (Å²) >= 11 is 0. The molecule has 1 atom stereocenters. The molecule has 2 N–H and O–H groups in total. The highest BCUT2D eigenvalue weighted by Crippen LogP contribution is 2.36. The Balaban J connectivity index is 2.35. The van der Waals surface area contributed by atoms with E-state index in [0.717, 1.165) is 0 Å². The number of rotatable bonds is 8. The number of hydrogen-bond acceptors (Lipinski definition) is 4. The van der Waals surface area contributed by atoms with Crippen molar-refractivity contribution < 1.29 is 29.3 Å². The van der Waals surface area contributed by atoms with Crippen LogP contribution in [0.4, 0.5) is 0 Å². The first kappa shape index (κ1) is 18.9. The van der Waals surface area contributed by atoms with E-state index >= 15 is 0 Å². The molecule has 1 unspecified atom stereocenters. The number of esters is 1. The van der Waals surface area contributed by atoms with Crippen LogP contribution >= 0.6 is 0 Å². The maximum atomic E-state index is 12.3. The lowest BCUT2D eigenvalue weighted by Crippen LogP contribution is -2.41. The summed E-state index contributed by atoms with van der Waals surface area (Å²) in [6.45, 7) is 3.42. The molecule has 26 heavy (non-hydrogen) atoms. The minimum atomic E-state index is -2.01. The first-order valence-corrected chi connectivity index (χ1v) is 7.81. The smallest absolute Gasteiger partial charge is 0.332 e. The molecule has 0 aliphatic rings. The molecule has 0 spiro atoms. The number of carbonyl (C=O) groups is 3. The highest BCUT2D eigenvalue weighted by molar-refractivity contribution is 5.98. The van der Waals surface area contributed by atoms with Crippen LogP contribution in [0.15, 0.2) is 72.8 Å². The van der Waals surface area contributed by atoms with Gasteiger partial charge in [-0.25, -0.2) is 4.79 Å².